The molecule has 1 saturated heterocycles. The molecule has 1 aromatic carbocycles. The van der Waals surface area contributed by atoms with E-state index in [2.05, 4.69) is 4.90 Å². The van der Waals surface area contributed by atoms with E-state index in [0.29, 0.717) is 0 Å². The zero-order chi connectivity index (χ0) is 18.2. The van der Waals surface area contributed by atoms with E-state index in [1.165, 1.54) is 19.2 Å². The number of carbonyl (C=O) groups excluding carboxylic acids is 1. The maximum absolute atomic E-state index is 14.4. The Bertz CT molecular complexity index is 643. The molecule has 138 valence electrons. The molecule has 0 unspecified atom stereocenters. The summed E-state index contributed by atoms with van der Waals surface area (Å²) in [4.78, 5) is 15.9. The molecule has 1 N–H and O–H groups in total. The van der Waals surface area contributed by atoms with Crippen LogP contribution in [-0.2, 0) is 9.53 Å². The quantitative estimate of drug-likeness (QED) is 0.627. The molecule has 0 radical (unpaired) electrons. The fourth-order valence-corrected chi connectivity index (χ4v) is 3.79. The van der Waals surface area contributed by atoms with Crippen molar-refractivity contribution in [3.63, 3.8) is 0 Å². The molecular formula is C17H23FN3O4-. The number of rotatable bonds is 5. The van der Waals surface area contributed by atoms with Crippen molar-refractivity contribution < 1.29 is 19.1 Å². The lowest BCUT2D eigenvalue weighted by Crippen LogP contribution is -2.96. The van der Waals surface area contributed by atoms with Gasteiger partial charge in [0, 0.05) is 32.2 Å². The molecule has 0 bridgehead atoms. The number of esters is 1. The van der Waals surface area contributed by atoms with Crippen LogP contribution in [0.1, 0.15) is 25.7 Å². The van der Waals surface area contributed by atoms with Gasteiger partial charge in [-0.2, -0.15) is 4.39 Å². The zero-order valence-electron chi connectivity index (χ0n) is 14.5. The fraction of sp³-hybridized carbons (Fsp3) is 0.588. The van der Waals surface area contributed by atoms with E-state index in [-0.39, 0.29) is 17.7 Å². The monoisotopic (exact) mass is 352 g/mol. The van der Waals surface area contributed by atoms with Crippen LogP contribution < -0.4 is 10.1 Å². The number of piperidine rings is 1. The minimum atomic E-state index is -1.52. The highest BCUT2D eigenvalue weighted by Gasteiger charge is 2.56. The van der Waals surface area contributed by atoms with Crippen molar-refractivity contribution in [2.24, 2.45) is 0 Å². The fourth-order valence-electron chi connectivity index (χ4n) is 3.79. The number of carbonyl (C=O) groups is 1. The summed E-state index contributed by atoms with van der Waals surface area (Å²) in [6, 6.07) is 4.38. The average Bonchev–Trinajstić information content (AvgIpc) is 3.42. The van der Waals surface area contributed by atoms with Gasteiger partial charge in [-0.15, -0.1) is 0 Å². The van der Waals surface area contributed by atoms with Gasteiger partial charge in [-0.3, -0.25) is 9.69 Å². The van der Waals surface area contributed by atoms with Crippen molar-refractivity contribution in [3.05, 3.63) is 34.4 Å². The van der Waals surface area contributed by atoms with Gasteiger partial charge in [0.05, 0.1) is 12.8 Å². The Hall–Kier alpha value is -1.74. The third kappa shape index (κ3) is 3.22. The average molecular weight is 352 g/mol. The Morgan fingerprint density at radius 3 is 2.52 bits per heavy atom. The maximum atomic E-state index is 14.4. The van der Waals surface area contributed by atoms with Crippen LogP contribution in [0.2, 0.25) is 0 Å². The van der Waals surface area contributed by atoms with Crippen LogP contribution in [0.5, 0.6) is 0 Å². The van der Waals surface area contributed by atoms with E-state index in [1.54, 1.807) is 18.0 Å². The Morgan fingerprint density at radius 1 is 1.36 bits per heavy atom. The Labute approximate surface area is 146 Å². The Kier molecular flexibility index (Phi) is 4.97. The number of methoxy groups -OCH3 is 1. The molecule has 2 fully saturated rings. The van der Waals surface area contributed by atoms with Gasteiger partial charge in [-0.05, 0) is 31.7 Å². The highest BCUT2D eigenvalue weighted by atomic mass is 19.1. The van der Waals surface area contributed by atoms with Crippen molar-refractivity contribution in [2.45, 2.75) is 37.3 Å². The molecule has 0 atom stereocenters. The first-order valence-corrected chi connectivity index (χ1v) is 8.47. The van der Waals surface area contributed by atoms with Crippen molar-refractivity contribution >= 4 is 17.3 Å². The molecule has 8 heteroatoms. The molecule has 0 amide bonds. The number of benzene rings is 1. The van der Waals surface area contributed by atoms with E-state index in [1.807, 2.05) is 0 Å². The topological polar surface area (TPSA) is 83.3 Å². The molecule has 1 heterocycles. The SMILES string of the molecule is COC(=O)C1(N2CCC(N(C)c3cccc([NH+]([O-])[O-])c3F)CC2)CC1. The maximum Gasteiger partial charge on any atom is 0.326 e. The van der Waals surface area contributed by atoms with Crippen LogP contribution in [-0.4, -0.2) is 49.7 Å². The van der Waals surface area contributed by atoms with E-state index in [4.69, 9.17) is 4.74 Å². The molecule has 1 aromatic rings. The Morgan fingerprint density at radius 2 is 2.00 bits per heavy atom. The number of nitrogens with zero attached hydrogens (tertiary/aromatic N) is 2. The number of ether oxygens (including phenoxy) is 1. The summed E-state index contributed by atoms with van der Waals surface area (Å²) in [6.45, 7) is 1.46. The van der Waals surface area contributed by atoms with Crippen LogP contribution in [0, 0.1) is 16.2 Å². The van der Waals surface area contributed by atoms with Gasteiger partial charge >= 0.3 is 5.97 Å². The number of halogens is 1. The largest absolute Gasteiger partial charge is 0.628 e. The normalized spacial score (nSPS) is 20.6. The molecule has 7 nitrogen and oxygen atoms in total. The third-order valence-corrected chi connectivity index (χ3v) is 5.48. The second-order valence-electron chi connectivity index (χ2n) is 6.78. The van der Waals surface area contributed by atoms with Gasteiger partial charge in [-0.25, -0.2) is 0 Å². The second-order valence-corrected chi connectivity index (χ2v) is 6.78. The van der Waals surface area contributed by atoms with E-state index in [9.17, 15) is 19.6 Å². The van der Waals surface area contributed by atoms with Gasteiger partial charge in [-0.1, -0.05) is 6.07 Å². The number of likely N-dealkylation sites (tertiary alicyclic amines) is 1. The first kappa shape index (κ1) is 18.1. The molecule has 2 aliphatic rings. The summed E-state index contributed by atoms with van der Waals surface area (Å²) in [5.41, 5.74) is -0.628. The van der Waals surface area contributed by atoms with Crippen LogP contribution in [0.4, 0.5) is 15.8 Å². The predicted octanol–water partition coefficient (Wildman–Crippen LogP) is 0.944. The standard InChI is InChI=1S/C17H23FN3O4/c1-19(13-4-3-5-14(15(13)18)21(23)24)12-6-10-20(11-7-12)17(8-9-17)16(22)25-2/h3-5,12,21H,6-11H2,1-2H3/q-1. The summed E-state index contributed by atoms with van der Waals surface area (Å²) in [6.07, 6.45) is 3.18. The van der Waals surface area contributed by atoms with Crippen LogP contribution in [0.3, 0.4) is 0 Å². The highest BCUT2D eigenvalue weighted by Crippen LogP contribution is 2.44. The molecule has 1 saturated carbocycles. The van der Waals surface area contributed by atoms with E-state index < -0.39 is 22.3 Å². The van der Waals surface area contributed by atoms with Crippen LogP contribution >= 0.6 is 0 Å². The first-order chi connectivity index (χ1) is 11.9. The second kappa shape index (κ2) is 6.87. The zero-order valence-corrected chi connectivity index (χ0v) is 14.5. The third-order valence-electron chi connectivity index (χ3n) is 5.48. The lowest BCUT2D eigenvalue weighted by Gasteiger charge is -2.40. The molecule has 1 aliphatic carbocycles. The predicted molar refractivity (Wildman–Crippen MR) is 90.7 cm³/mol. The van der Waals surface area contributed by atoms with Gasteiger partial charge in [0.25, 0.3) is 0 Å². The number of hydrogen-bond acceptors (Lipinski definition) is 6. The highest BCUT2D eigenvalue weighted by molar-refractivity contribution is 5.84. The number of anilines is 1. The lowest BCUT2D eigenvalue weighted by molar-refractivity contribution is -0.716. The first-order valence-electron chi connectivity index (χ1n) is 8.47. The lowest BCUT2D eigenvalue weighted by atomic mass is 10.00. The van der Waals surface area contributed by atoms with Crippen LogP contribution in [0.15, 0.2) is 18.2 Å². The number of hydrogen-bond donors (Lipinski definition) is 1. The van der Waals surface area contributed by atoms with Crippen molar-refractivity contribution in [3.8, 4) is 0 Å². The van der Waals surface area contributed by atoms with Crippen LogP contribution in [0.25, 0.3) is 0 Å². The minimum Gasteiger partial charge on any atom is -0.628 e. The Balaban J connectivity index is 1.67. The summed E-state index contributed by atoms with van der Waals surface area (Å²) in [5, 5.41) is 20.5. The molecule has 1 aliphatic heterocycles. The van der Waals surface area contributed by atoms with Crippen molar-refractivity contribution in [1.82, 2.24) is 4.90 Å². The summed E-state index contributed by atoms with van der Waals surface area (Å²) < 4.78 is 19.3. The number of quaternary nitrogens is 1. The van der Waals surface area contributed by atoms with Gasteiger partial charge in [0.2, 0.25) is 5.82 Å². The van der Waals surface area contributed by atoms with Gasteiger partial charge < -0.3 is 25.3 Å². The molecule has 0 aromatic heterocycles. The van der Waals surface area contributed by atoms with Crippen molar-refractivity contribution in [1.29, 1.82) is 0 Å². The van der Waals surface area contributed by atoms with Gasteiger partial charge in [0.1, 0.15) is 5.54 Å². The summed E-state index contributed by atoms with van der Waals surface area (Å²) >= 11 is 0. The molecule has 0 spiro atoms. The molecular weight excluding hydrogens is 329 g/mol. The summed E-state index contributed by atoms with van der Waals surface area (Å²) in [7, 11) is 3.18. The van der Waals surface area contributed by atoms with E-state index in [0.717, 1.165) is 38.8 Å². The smallest absolute Gasteiger partial charge is 0.326 e. The minimum absolute atomic E-state index is 0.0798. The van der Waals surface area contributed by atoms with Gasteiger partial charge in [0.15, 0.2) is 5.69 Å². The summed E-state index contributed by atoms with van der Waals surface area (Å²) in [5.74, 6) is -0.937. The van der Waals surface area contributed by atoms with Crippen molar-refractivity contribution in [2.75, 3.05) is 32.1 Å². The molecule has 3 rings (SSSR count). The number of nitrogens with one attached hydrogen (secondary N) is 1. The molecule has 25 heavy (non-hydrogen) atoms. The van der Waals surface area contributed by atoms with E-state index >= 15 is 0 Å².